The molecule has 4 nitrogen and oxygen atoms in total. The van der Waals surface area contributed by atoms with Gasteiger partial charge in [-0.3, -0.25) is 4.79 Å². The molecule has 0 spiro atoms. The number of hydrogen-bond acceptors (Lipinski definition) is 5. The van der Waals surface area contributed by atoms with Gasteiger partial charge >= 0.3 is 5.97 Å². The lowest BCUT2D eigenvalue weighted by molar-refractivity contribution is -0.141. The van der Waals surface area contributed by atoms with Crippen molar-refractivity contribution in [3.05, 3.63) is 18.1 Å². The predicted molar refractivity (Wildman–Crippen MR) is 65.8 cm³/mol. The van der Waals surface area contributed by atoms with Crippen LogP contribution in [0.5, 0.6) is 0 Å². The molecule has 0 saturated heterocycles. The molecule has 1 saturated carbocycles. The Hall–Kier alpha value is -1.10. The molecular formula is C12H16N2O2S. The van der Waals surface area contributed by atoms with Crippen LogP contribution in [0.15, 0.2) is 17.3 Å². The molecular weight excluding hydrogens is 236 g/mol. The highest BCUT2D eigenvalue weighted by molar-refractivity contribution is 7.99. The molecule has 0 N–H and O–H groups in total. The zero-order valence-electron chi connectivity index (χ0n) is 10.1. The highest BCUT2D eigenvalue weighted by Crippen LogP contribution is 2.51. The van der Waals surface area contributed by atoms with Gasteiger partial charge in [0.15, 0.2) is 0 Å². The van der Waals surface area contributed by atoms with E-state index in [-0.39, 0.29) is 11.4 Å². The number of ether oxygens (including phenoxy) is 1. The van der Waals surface area contributed by atoms with E-state index in [2.05, 4.69) is 9.97 Å². The molecule has 1 aromatic rings. The minimum atomic E-state index is -0.109. The van der Waals surface area contributed by atoms with Crippen LogP contribution in [0.4, 0.5) is 0 Å². The van der Waals surface area contributed by atoms with Gasteiger partial charge in [0.1, 0.15) is 5.82 Å². The molecule has 1 heterocycles. The van der Waals surface area contributed by atoms with Gasteiger partial charge in [0.2, 0.25) is 0 Å². The lowest BCUT2D eigenvalue weighted by Crippen LogP contribution is -2.13. The fourth-order valence-electron chi connectivity index (χ4n) is 1.67. The van der Waals surface area contributed by atoms with E-state index in [1.54, 1.807) is 18.0 Å². The van der Waals surface area contributed by atoms with Gasteiger partial charge in [-0.15, -0.1) is 11.8 Å². The summed E-state index contributed by atoms with van der Waals surface area (Å²) in [6, 6.07) is 1.91. The van der Waals surface area contributed by atoms with Crippen molar-refractivity contribution < 1.29 is 9.53 Å². The van der Waals surface area contributed by atoms with E-state index in [0.29, 0.717) is 6.42 Å². The van der Waals surface area contributed by atoms with Crippen molar-refractivity contribution in [1.82, 2.24) is 9.97 Å². The summed E-state index contributed by atoms with van der Waals surface area (Å²) in [5.41, 5.74) is 0.149. The van der Waals surface area contributed by atoms with E-state index in [9.17, 15) is 4.79 Å². The van der Waals surface area contributed by atoms with E-state index >= 15 is 0 Å². The van der Waals surface area contributed by atoms with E-state index in [4.69, 9.17) is 4.74 Å². The third-order valence-corrected chi connectivity index (χ3v) is 4.26. The first-order chi connectivity index (χ1) is 8.13. The molecule has 5 heteroatoms. The summed E-state index contributed by atoms with van der Waals surface area (Å²) in [6.45, 7) is 1.88. The molecule has 0 atom stereocenters. The summed E-state index contributed by atoms with van der Waals surface area (Å²) in [4.78, 5) is 19.7. The second-order valence-electron chi connectivity index (χ2n) is 4.48. The van der Waals surface area contributed by atoms with Crippen LogP contribution in [0.25, 0.3) is 0 Å². The normalized spacial score (nSPS) is 16.6. The molecule has 1 fully saturated rings. The van der Waals surface area contributed by atoms with Crippen LogP contribution in [-0.2, 0) is 9.53 Å². The number of esters is 1. The lowest BCUT2D eigenvalue weighted by Gasteiger charge is -2.12. The monoisotopic (exact) mass is 252 g/mol. The third-order valence-electron chi connectivity index (χ3n) is 2.98. The SMILES string of the molecule is COC(=O)CC1(CSc2ccnc(C)n2)CC1. The molecule has 17 heavy (non-hydrogen) atoms. The number of aryl methyl sites for hydroxylation is 1. The predicted octanol–water partition coefficient (Wildman–Crippen LogP) is 2.22. The molecule has 0 radical (unpaired) electrons. The first-order valence-electron chi connectivity index (χ1n) is 5.63. The Labute approximate surface area is 105 Å². The van der Waals surface area contributed by atoms with Crippen LogP contribution < -0.4 is 0 Å². The molecule has 0 bridgehead atoms. The first-order valence-corrected chi connectivity index (χ1v) is 6.61. The number of nitrogens with zero attached hydrogens (tertiary/aromatic N) is 2. The molecule has 1 aliphatic carbocycles. The summed E-state index contributed by atoms with van der Waals surface area (Å²) in [5, 5.41) is 0.980. The van der Waals surface area contributed by atoms with Crippen molar-refractivity contribution >= 4 is 17.7 Å². The molecule has 2 rings (SSSR count). The molecule has 1 aliphatic rings. The second kappa shape index (κ2) is 5.04. The summed E-state index contributed by atoms with van der Waals surface area (Å²) in [6.07, 6.45) is 4.52. The van der Waals surface area contributed by atoms with Gasteiger partial charge in [-0.1, -0.05) is 0 Å². The highest BCUT2D eigenvalue weighted by Gasteiger charge is 2.44. The summed E-state index contributed by atoms with van der Waals surface area (Å²) < 4.78 is 4.72. The van der Waals surface area contributed by atoms with Crippen LogP contribution in [0.1, 0.15) is 25.1 Å². The molecule has 0 unspecified atom stereocenters. The Kier molecular flexibility index (Phi) is 3.66. The zero-order chi connectivity index (χ0) is 12.3. The van der Waals surface area contributed by atoms with Gasteiger partial charge < -0.3 is 4.74 Å². The summed E-state index contributed by atoms with van der Waals surface area (Å²) in [7, 11) is 1.44. The Morgan fingerprint density at radius 1 is 1.59 bits per heavy atom. The molecule has 92 valence electrons. The van der Waals surface area contributed by atoms with Crippen LogP contribution in [-0.4, -0.2) is 28.8 Å². The van der Waals surface area contributed by atoms with E-state index in [0.717, 1.165) is 29.4 Å². The van der Waals surface area contributed by atoms with Gasteiger partial charge in [-0.25, -0.2) is 9.97 Å². The number of carbonyl (C=O) groups excluding carboxylic acids is 1. The van der Waals surface area contributed by atoms with E-state index in [1.807, 2.05) is 13.0 Å². The van der Waals surface area contributed by atoms with E-state index in [1.165, 1.54) is 7.11 Å². The molecule has 1 aromatic heterocycles. The van der Waals surface area contributed by atoms with Crippen molar-refractivity contribution in [2.75, 3.05) is 12.9 Å². The smallest absolute Gasteiger partial charge is 0.306 e. The van der Waals surface area contributed by atoms with Crippen LogP contribution in [0, 0.1) is 12.3 Å². The van der Waals surface area contributed by atoms with Crippen molar-refractivity contribution in [2.24, 2.45) is 5.41 Å². The van der Waals surface area contributed by atoms with Crippen molar-refractivity contribution in [1.29, 1.82) is 0 Å². The number of rotatable bonds is 5. The van der Waals surface area contributed by atoms with Crippen LogP contribution in [0.2, 0.25) is 0 Å². The minimum absolute atomic E-state index is 0.109. The Morgan fingerprint density at radius 3 is 2.94 bits per heavy atom. The standard InChI is InChI=1S/C12H16N2O2S/c1-9-13-6-3-10(14-9)17-8-12(4-5-12)7-11(15)16-2/h3,6H,4-5,7-8H2,1-2H3. The van der Waals surface area contributed by atoms with Gasteiger partial charge in [0.05, 0.1) is 18.6 Å². The average Bonchev–Trinajstić information content (AvgIpc) is 3.07. The Bertz CT molecular complexity index is 419. The average molecular weight is 252 g/mol. The van der Waals surface area contributed by atoms with Gasteiger partial charge in [0.25, 0.3) is 0 Å². The highest BCUT2D eigenvalue weighted by atomic mass is 32.2. The van der Waals surface area contributed by atoms with Gasteiger partial charge in [-0.05, 0) is 31.2 Å². The topological polar surface area (TPSA) is 52.1 Å². The fourth-order valence-corrected chi connectivity index (χ4v) is 2.87. The van der Waals surface area contributed by atoms with Gasteiger partial charge in [0, 0.05) is 11.9 Å². The number of hydrogen-bond donors (Lipinski definition) is 0. The van der Waals surface area contributed by atoms with Gasteiger partial charge in [-0.2, -0.15) is 0 Å². The maximum absolute atomic E-state index is 11.3. The first kappa shape index (κ1) is 12.4. The van der Waals surface area contributed by atoms with Crippen molar-refractivity contribution in [3.63, 3.8) is 0 Å². The quantitative estimate of drug-likeness (QED) is 0.457. The van der Waals surface area contributed by atoms with Crippen LogP contribution >= 0.6 is 11.8 Å². The second-order valence-corrected chi connectivity index (χ2v) is 5.48. The Morgan fingerprint density at radius 2 is 2.35 bits per heavy atom. The Balaban J connectivity index is 1.88. The summed E-state index contributed by atoms with van der Waals surface area (Å²) >= 11 is 1.70. The number of thioether (sulfide) groups is 1. The largest absolute Gasteiger partial charge is 0.469 e. The maximum atomic E-state index is 11.3. The third kappa shape index (κ3) is 3.43. The number of carbonyl (C=O) groups is 1. The number of methoxy groups -OCH3 is 1. The maximum Gasteiger partial charge on any atom is 0.306 e. The van der Waals surface area contributed by atoms with E-state index < -0.39 is 0 Å². The summed E-state index contributed by atoms with van der Waals surface area (Å²) in [5.74, 6) is 1.60. The minimum Gasteiger partial charge on any atom is -0.469 e. The van der Waals surface area contributed by atoms with Crippen molar-refractivity contribution in [3.8, 4) is 0 Å². The number of aromatic nitrogens is 2. The fraction of sp³-hybridized carbons (Fsp3) is 0.583. The molecule has 0 aromatic carbocycles. The molecule has 0 amide bonds. The van der Waals surface area contributed by atoms with Crippen LogP contribution in [0.3, 0.4) is 0 Å². The lowest BCUT2D eigenvalue weighted by atomic mass is 10.1. The molecule has 0 aliphatic heterocycles. The zero-order valence-corrected chi connectivity index (χ0v) is 10.9. The van der Waals surface area contributed by atoms with Crippen molar-refractivity contribution in [2.45, 2.75) is 31.2 Å².